The number of fused-ring (bicyclic) bond motifs is 1. The van der Waals surface area contributed by atoms with Gasteiger partial charge in [-0.2, -0.15) is 5.26 Å². The number of anilines is 1. The van der Waals surface area contributed by atoms with Crippen LogP contribution < -0.4 is 14.8 Å². The Balaban J connectivity index is 1.80. The van der Waals surface area contributed by atoms with Crippen LogP contribution in [0.1, 0.15) is 16.2 Å². The zero-order valence-electron chi connectivity index (χ0n) is 10.3. The summed E-state index contributed by atoms with van der Waals surface area (Å²) in [6.45, 7) is 0.179. The standard InChI is InChI=1S/C14H9N3O3/c15-7-10-2-1-3-11(16-10)14(18)17-9-4-5-12-13(6-9)20-8-19-12/h1-6H,8H2,(H,17,18). The van der Waals surface area contributed by atoms with Gasteiger partial charge >= 0.3 is 0 Å². The molecule has 0 bridgehead atoms. The van der Waals surface area contributed by atoms with Gasteiger partial charge in [0.2, 0.25) is 6.79 Å². The summed E-state index contributed by atoms with van der Waals surface area (Å²) in [5, 5.41) is 11.5. The molecular weight excluding hydrogens is 258 g/mol. The molecule has 1 N–H and O–H groups in total. The lowest BCUT2D eigenvalue weighted by atomic mass is 10.2. The molecule has 98 valence electrons. The maximum absolute atomic E-state index is 12.0. The minimum atomic E-state index is -0.388. The fraction of sp³-hybridized carbons (Fsp3) is 0.0714. The van der Waals surface area contributed by atoms with Crippen LogP contribution in [0.25, 0.3) is 0 Å². The van der Waals surface area contributed by atoms with Crippen molar-refractivity contribution in [3.05, 3.63) is 47.8 Å². The van der Waals surface area contributed by atoms with Gasteiger partial charge in [-0.15, -0.1) is 0 Å². The summed E-state index contributed by atoms with van der Waals surface area (Å²) in [7, 11) is 0. The predicted molar refractivity (Wildman–Crippen MR) is 69.5 cm³/mol. The summed E-state index contributed by atoms with van der Waals surface area (Å²) in [5.41, 5.74) is 0.952. The number of amides is 1. The molecule has 0 atom stereocenters. The molecule has 0 unspecified atom stereocenters. The number of nitrogens with one attached hydrogen (secondary N) is 1. The molecule has 1 aliphatic rings. The molecule has 0 spiro atoms. The third-order valence-corrected chi connectivity index (χ3v) is 2.73. The quantitative estimate of drug-likeness (QED) is 0.898. The molecule has 2 aromatic rings. The molecule has 0 fully saturated rings. The van der Waals surface area contributed by atoms with Crippen molar-refractivity contribution >= 4 is 11.6 Å². The maximum Gasteiger partial charge on any atom is 0.274 e. The van der Waals surface area contributed by atoms with Crippen molar-refractivity contribution in [2.75, 3.05) is 12.1 Å². The van der Waals surface area contributed by atoms with E-state index >= 15 is 0 Å². The molecule has 0 aliphatic carbocycles. The van der Waals surface area contributed by atoms with E-state index in [-0.39, 0.29) is 24.1 Å². The number of hydrogen-bond acceptors (Lipinski definition) is 5. The number of nitriles is 1. The third-order valence-electron chi connectivity index (χ3n) is 2.73. The highest BCUT2D eigenvalue weighted by molar-refractivity contribution is 6.03. The van der Waals surface area contributed by atoms with E-state index < -0.39 is 0 Å². The van der Waals surface area contributed by atoms with E-state index in [0.717, 1.165) is 0 Å². The van der Waals surface area contributed by atoms with Crippen molar-refractivity contribution in [3.8, 4) is 17.6 Å². The monoisotopic (exact) mass is 267 g/mol. The van der Waals surface area contributed by atoms with Crippen LogP contribution in [0.3, 0.4) is 0 Å². The van der Waals surface area contributed by atoms with Crippen molar-refractivity contribution < 1.29 is 14.3 Å². The minimum Gasteiger partial charge on any atom is -0.454 e. The average Bonchev–Trinajstić information content (AvgIpc) is 2.95. The highest BCUT2D eigenvalue weighted by Crippen LogP contribution is 2.34. The SMILES string of the molecule is N#Cc1cccc(C(=O)Nc2ccc3c(c2)OCO3)n1. The first kappa shape index (κ1) is 12.0. The molecule has 6 nitrogen and oxygen atoms in total. The first-order valence-electron chi connectivity index (χ1n) is 5.84. The van der Waals surface area contributed by atoms with Crippen molar-refractivity contribution in [1.82, 2.24) is 4.98 Å². The number of aromatic nitrogens is 1. The van der Waals surface area contributed by atoms with Crippen LogP contribution >= 0.6 is 0 Å². The average molecular weight is 267 g/mol. The van der Waals surface area contributed by atoms with Gasteiger partial charge in [0, 0.05) is 11.8 Å². The molecule has 1 amide bonds. The Kier molecular flexibility index (Phi) is 2.94. The highest BCUT2D eigenvalue weighted by Gasteiger charge is 2.15. The number of carbonyl (C=O) groups excluding carboxylic acids is 1. The van der Waals surface area contributed by atoms with E-state index in [0.29, 0.717) is 17.2 Å². The van der Waals surface area contributed by atoms with Gasteiger partial charge in [0.15, 0.2) is 11.5 Å². The van der Waals surface area contributed by atoms with Gasteiger partial charge < -0.3 is 14.8 Å². The zero-order valence-corrected chi connectivity index (χ0v) is 10.3. The highest BCUT2D eigenvalue weighted by atomic mass is 16.7. The molecule has 1 aromatic carbocycles. The Morgan fingerprint density at radius 2 is 2.10 bits per heavy atom. The number of rotatable bonds is 2. The van der Waals surface area contributed by atoms with Crippen LogP contribution in [0, 0.1) is 11.3 Å². The van der Waals surface area contributed by atoms with Gasteiger partial charge in [0.1, 0.15) is 17.5 Å². The topological polar surface area (TPSA) is 84.2 Å². The summed E-state index contributed by atoms with van der Waals surface area (Å²) in [4.78, 5) is 16.0. The second kappa shape index (κ2) is 4.90. The number of pyridine rings is 1. The van der Waals surface area contributed by atoms with E-state index in [4.69, 9.17) is 14.7 Å². The number of carbonyl (C=O) groups is 1. The number of hydrogen-bond donors (Lipinski definition) is 1. The fourth-order valence-corrected chi connectivity index (χ4v) is 1.79. The molecular formula is C14H9N3O3. The first-order chi connectivity index (χ1) is 9.76. The van der Waals surface area contributed by atoms with Crippen LogP contribution in [0.2, 0.25) is 0 Å². The van der Waals surface area contributed by atoms with Gasteiger partial charge in [-0.05, 0) is 24.3 Å². The molecule has 3 rings (SSSR count). The number of nitrogens with zero attached hydrogens (tertiary/aromatic N) is 2. The molecule has 6 heteroatoms. The summed E-state index contributed by atoms with van der Waals surface area (Å²) in [5.74, 6) is 0.843. The van der Waals surface area contributed by atoms with Crippen molar-refractivity contribution in [3.63, 3.8) is 0 Å². The lowest BCUT2D eigenvalue weighted by Gasteiger charge is -2.05. The fourth-order valence-electron chi connectivity index (χ4n) is 1.79. The smallest absolute Gasteiger partial charge is 0.274 e. The summed E-state index contributed by atoms with van der Waals surface area (Å²) >= 11 is 0. The summed E-state index contributed by atoms with van der Waals surface area (Å²) in [6.07, 6.45) is 0. The van der Waals surface area contributed by atoms with E-state index in [1.807, 2.05) is 6.07 Å². The second-order valence-corrected chi connectivity index (χ2v) is 4.04. The van der Waals surface area contributed by atoms with E-state index in [2.05, 4.69) is 10.3 Å². The Morgan fingerprint density at radius 1 is 1.25 bits per heavy atom. The van der Waals surface area contributed by atoms with Crippen molar-refractivity contribution in [2.45, 2.75) is 0 Å². The summed E-state index contributed by atoms with van der Waals surface area (Å²) < 4.78 is 10.4. The van der Waals surface area contributed by atoms with Crippen LogP contribution in [-0.2, 0) is 0 Å². The largest absolute Gasteiger partial charge is 0.454 e. The van der Waals surface area contributed by atoms with E-state index in [1.165, 1.54) is 6.07 Å². The Hall–Kier alpha value is -3.07. The van der Waals surface area contributed by atoms with Gasteiger partial charge in [-0.3, -0.25) is 4.79 Å². The van der Waals surface area contributed by atoms with Crippen molar-refractivity contribution in [1.29, 1.82) is 5.26 Å². The van der Waals surface area contributed by atoms with E-state index in [9.17, 15) is 4.79 Å². The number of benzene rings is 1. The molecule has 0 radical (unpaired) electrons. The van der Waals surface area contributed by atoms with Crippen LogP contribution in [0.4, 0.5) is 5.69 Å². The van der Waals surface area contributed by atoms with Gasteiger partial charge in [0.25, 0.3) is 5.91 Å². The second-order valence-electron chi connectivity index (χ2n) is 4.04. The Morgan fingerprint density at radius 3 is 2.95 bits per heavy atom. The lowest BCUT2D eigenvalue weighted by Crippen LogP contribution is -2.13. The van der Waals surface area contributed by atoms with Crippen LogP contribution in [0.15, 0.2) is 36.4 Å². The predicted octanol–water partition coefficient (Wildman–Crippen LogP) is 1.93. The van der Waals surface area contributed by atoms with Gasteiger partial charge in [-0.25, -0.2) is 4.98 Å². The van der Waals surface area contributed by atoms with Gasteiger partial charge in [-0.1, -0.05) is 6.07 Å². The normalized spacial score (nSPS) is 11.8. The van der Waals surface area contributed by atoms with Crippen LogP contribution in [0.5, 0.6) is 11.5 Å². The molecule has 0 saturated heterocycles. The van der Waals surface area contributed by atoms with Crippen molar-refractivity contribution in [2.24, 2.45) is 0 Å². The third kappa shape index (κ3) is 2.24. The van der Waals surface area contributed by atoms with Crippen LogP contribution in [-0.4, -0.2) is 17.7 Å². The molecule has 2 heterocycles. The molecule has 1 aliphatic heterocycles. The maximum atomic E-state index is 12.0. The minimum absolute atomic E-state index is 0.179. The van der Waals surface area contributed by atoms with E-state index in [1.54, 1.807) is 30.3 Å². The van der Waals surface area contributed by atoms with Gasteiger partial charge in [0.05, 0.1) is 0 Å². The molecule has 0 saturated carbocycles. The molecule has 20 heavy (non-hydrogen) atoms. The Labute approximate surface area is 114 Å². The lowest BCUT2D eigenvalue weighted by molar-refractivity contribution is 0.102. The summed E-state index contributed by atoms with van der Waals surface area (Å²) in [6, 6.07) is 11.7. The first-order valence-corrected chi connectivity index (χ1v) is 5.84. The number of ether oxygens (including phenoxy) is 2. The zero-order chi connectivity index (χ0) is 13.9. The molecule has 1 aromatic heterocycles. The Bertz CT molecular complexity index is 722.